The third-order valence-corrected chi connectivity index (χ3v) is 5.09. The lowest BCUT2D eigenvalue weighted by Crippen LogP contribution is -2.23. The number of ether oxygens (including phenoxy) is 2. The summed E-state index contributed by atoms with van der Waals surface area (Å²) in [5.41, 5.74) is 3.62. The molecule has 0 fully saturated rings. The van der Waals surface area contributed by atoms with E-state index in [4.69, 9.17) is 27.5 Å². The van der Waals surface area contributed by atoms with Crippen LogP contribution in [0, 0.1) is 12.3 Å². The van der Waals surface area contributed by atoms with Gasteiger partial charge < -0.3 is 14.8 Å². The monoisotopic (exact) mass is 407 g/mol. The highest BCUT2D eigenvalue weighted by Crippen LogP contribution is 2.43. The molecule has 4 rings (SSSR count). The number of aromatic amines is 1. The number of nitrogens with one attached hydrogen (secondary N) is 2. The summed E-state index contributed by atoms with van der Waals surface area (Å²) in [7, 11) is 1.57. The Labute approximate surface area is 173 Å². The van der Waals surface area contributed by atoms with Gasteiger partial charge in [0.2, 0.25) is 5.91 Å². The van der Waals surface area contributed by atoms with Crippen molar-refractivity contribution in [2.24, 2.45) is 0 Å². The van der Waals surface area contributed by atoms with Crippen LogP contribution in [0.5, 0.6) is 11.5 Å². The van der Waals surface area contributed by atoms with Crippen LogP contribution in [0.3, 0.4) is 0 Å². The molecule has 1 aliphatic rings. The van der Waals surface area contributed by atoms with E-state index in [2.05, 4.69) is 21.4 Å². The van der Waals surface area contributed by atoms with Crippen molar-refractivity contribution < 1.29 is 14.3 Å². The average Bonchev–Trinajstić information content (AvgIpc) is 3.15. The molecule has 0 bridgehead atoms. The summed E-state index contributed by atoms with van der Waals surface area (Å²) in [5.74, 6) is 3.79. The molecular weight excluding hydrogens is 390 g/mol. The van der Waals surface area contributed by atoms with Crippen molar-refractivity contribution in [1.29, 1.82) is 0 Å². The molecule has 0 spiro atoms. The molecule has 7 heteroatoms. The molecule has 1 aliphatic heterocycles. The van der Waals surface area contributed by atoms with Gasteiger partial charge in [-0.25, -0.2) is 0 Å². The first kappa shape index (κ1) is 18.9. The first-order valence-electron chi connectivity index (χ1n) is 8.99. The highest BCUT2D eigenvalue weighted by atomic mass is 35.5. The predicted molar refractivity (Wildman–Crippen MR) is 111 cm³/mol. The Morgan fingerprint density at radius 2 is 2.03 bits per heavy atom. The van der Waals surface area contributed by atoms with Gasteiger partial charge in [-0.2, -0.15) is 5.10 Å². The predicted octanol–water partition coefficient (Wildman–Crippen LogP) is 4.22. The lowest BCUT2D eigenvalue weighted by molar-refractivity contribution is -0.116. The van der Waals surface area contributed by atoms with Crippen molar-refractivity contribution in [3.63, 3.8) is 0 Å². The maximum Gasteiger partial charge on any atom is 0.226 e. The zero-order valence-electron chi connectivity index (χ0n) is 15.7. The van der Waals surface area contributed by atoms with Crippen molar-refractivity contribution in [2.45, 2.75) is 12.3 Å². The largest absolute Gasteiger partial charge is 0.493 e. The summed E-state index contributed by atoms with van der Waals surface area (Å²) in [6.07, 6.45) is 5.57. The second-order valence-corrected chi connectivity index (χ2v) is 7.01. The fraction of sp³-hybridized carbons (Fsp3) is 0.182. The number of H-pyrrole nitrogens is 1. The Morgan fingerprint density at radius 3 is 2.76 bits per heavy atom. The molecule has 2 N–H and O–H groups in total. The number of anilines is 1. The standard InChI is InChI=1S/C22H18ClN3O3/c1-3-10-29-17-9-6-14(11-18(17)28-2)16-12-19(27)24-22-20(16)21(25-26-22)13-4-7-15(23)8-5-13/h1,4-9,11,16H,10,12H2,2H3,(H2,24,25,26,27)/t16-/m1/s1. The number of amides is 1. The molecular formula is C22H18ClN3O3. The molecule has 6 nitrogen and oxygen atoms in total. The highest BCUT2D eigenvalue weighted by Gasteiger charge is 2.32. The Bertz CT molecular complexity index is 1100. The lowest BCUT2D eigenvalue weighted by atomic mass is 9.84. The third-order valence-electron chi connectivity index (χ3n) is 4.83. The van der Waals surface area contributed by atoms with E-state index >= 15 is 0 Å². The molecule has 3 aromatic rings. The quantitative estimate of drug-likeness (QED) is 0.621. The number of methoxy groups -OCH3 is 1. The second-order valence-electron chi connectivity index (χ2n) is 6.58. The number of rotatable bonds is 5. The van der Waals surface area contributed by atoms with E-state index in [-0.39, 0.29) is 18.4 Å². The Kier molecular flexibility index (Phi) is 5.15. The van der Waals surface area contributed by atoms with Gasteiger partial charge in [-0.05, 0) is 29.8 Å². The van der Waals surface area contributed by atoms with Crippen LogP contribution < -0.4 is 14.8 Å². The summed E-state index contributed by atoms with van der Waals surface area (Å²) in [5, 5.41) is 10.9. The zero-order chi connectivity index (χ0) is 20.4. The molecule has 29 heavy (non-hydrogen) atoms. The van der Waals surface area contributed by atoms with Gasteiger partial charge in [0, 0.05) is 28.5 Å². The fourth-order valence-electron chi connectivity index (χ4n) is 3.52. The minimum atomic E-state index is -0.196. The number of hydrogen-bond donors (Lipinski definition) is 2. The second kappa shape index (κ2) is 7.90. The molecule has 0 radical (unpaired) electrons. The topological polar surface area (TPSA) is 76.2 Å². The molecule has 2 heterocycles. The van der Waals surface area contributed by atoms with E-state index in [0.717, 1.165) is 22.4 Å². The molecule has 0 saturated heterocycles. The molecule has 146 valence electrons. The lowest BCUT2D eigenvalue weighted by Gasteiger charge is -2.24. The van der Waals surface area contributed by atoms with Crippen LogP contribution in [0.4, 0.5) is 5.82 Å². The minimum absolute atomic E-state index is 0.0942. The van der Waals surface area contributed by atoms with Crippen molar-refractivity contribution >= 4 is 23.3 Å². The van der Waals surface area contributed by atoms with E-state index in [0.29, 0.717) is 28.8 Å². The van der Waals surface area contributed by atoms with Crippen molar-refractivity contribution in [2.75, 3.05) is 19.0 Å². The number of hydrogen-bond acceptors (Lipinski definition) is 4. The van der Waals surface area contributed by atoms with Crippen LogP contribution in [0.15, 0.2) is 42.5 Å². The van der Waals surface area contributed by atoms with Crippen LogP contribution in [0.2, 0.25) is 5.02 Å². The SMILES string of the molecule is C#CCOc1ccc([C@H]2CC(=O)Nc3n[nH]c(-c4ccc(Cl)cc4)c32)cc1OC. The van der Waals surface area contributed by atoms with Gasteiger partial charge in [-0.15, -0.1) is 6.42 Å². The number of nitrogens with zero attached hydrogens (tertiary/aromatic N) is 1. The molecule has 0 saturated carbocycles. The summed E-state index contributed by atoms with van der Waals surface area (Å²) in [4.78, 5) is 12.3. The van der Waals surface area contributed by atoms with E-state index in [1.54, 1.807) is 13.2 Å². The van der Waals surface area contributed by atoms with Gasteiger partial charge in [-0.1, -0.05) is 35.7 Å². The first-order chi connectivity index (χ1) is 14.1. The van der Waals surface area contributed by atoms with Crippen LogP contribution in [0.25, 0.3) is 11.3 Å². The zero-order valence-corrected chi connectivity index (χ0v) is 16.4. The summed E-state index contributed by atoms with van der Waals surface area (Å²) in [6, 6.07) is 13.1. The van der Waals surface area contributed by atoms with Gasteiger partial charge in [-0.3, -0.25) is 9.89 Å². The van der Waals surface area contributed by atoms with Crippen LogP contribution in [0.1, 0.15) is 23.5 Å². The Balaban J connectivity index is 1.78. The molecule has 1 aromatic heterocycles. The maximum absolute atomic E-state index is 12.3. The number of fused-ring (bicyclic) bond motifs is 1. The van der Waals surface area contributed by atoms with Gasteiger partial charge >= 0.3 is 0 Å². The van der Waals surface area contributed by atoms with Crippen LogP contribution >= 0.6 is 11.6 Å². The summed E-state index contributed by atoms with van der Waals surface area (Å²) in [6.45, 7) is 0.147. The van der Waals surface area contributed by atoms with Crippen LogP contribution in [-0.2, 0) is 4.79 Å². The smallest absolute Gasteiger partial charge is 0.226 e. The van der Waals surface area contributed by atoms with Crippen LogP contribution in [-0.4, -0.2) is 29.8 Å². The Morgan fingerprint density at radius 1 is 1.24 bits per heavy atom. The Hall–Kier alpha value is -3.43. The normalized spacial score (nSPS) is 15.2. The first-order valence-corrected chi connectivity index (χ1v) is 9.36. The molecule has 0 aliphatic carbocycles. The molecule has 0 unspecified atom stereocenters. The number of aromatic nitrogens is 2. The van der Waals surface area contributed by atoms with Crippen molar-refractivity contribution in [3.05, 3.63) is 58.6 Å². The number of carbonyl (C=O) groups is 1. The summed E-state index contributed by atoms with van der Waals surface area (Å²) >= 11 is 6.02. The molecule has 1 amide bonds. The summed E-state index contributed by atoms with van der Waals surface area (Å²) < 4.78 is 11.0. The van der Waals surface area contributed by atoms with E-state index in [1.165, 1.54) is 0 Å². The number of terminal acetylenes is 1. The van der Waals surface area contributed by atoms with Gasteiger partial charge in [0.25, 0.3) is 0 Å². The molecule has 1 atom stereocenters. The number of carbonyl (C=O) groups excluding carboxylic acids is 1. The van der Waals surface area contributed by atoms with Crippen molar-refractivity contribution in [3.8, 4) is 35.1 Å². The minimum Gasteiger partial charge on any atom is -0.493 e. The average molecular weight is 408 g/mol. The van der Waals surface area contributed by atoms with E-state index in [9.17, 15) is 4.79 Å². The van der Waals surface area contributed by atoms with Gasteiger partial charge in [0.15, 0.2) is 17.3 Å². The highest BCUT2D eigenvalue weighted by molar-refractivity contribution is 6.30. The van der Waals surface area contributed by atoms with E-state index < -0.39 is 0 Å². The van der Waals surface area contributed by atoms with Gasteiger partial charge in [0.05, 0.1) is 12.8 Å². The number of halogens is 1. The van der Waals surface area contributed by atoms with Crippen molar-refractivity contribution in [1.82, 2.24) is 10.2 Å². The maximum atomic E-state index is 12.3. The fourth-order valence-corrected chi connectivity index (χ4v) is 3.64. The number of benzene rings is 2. The molecule has 2 aromatic carbocycles. The third kappa shape index (κ3) is 3.65. The van der Waals surface area contributed by atoms with Gasteiger partial charge in [0.1, 0.15) is 6.61 Å². The van der Waals surface area contributed by atoms with E-state index in [1.807, 2.05) is 36.4 Å².